The van der Waals surface area contributed by atoms with Gasteiger partial charge in [-0.25, -0.2) is 9.18 Å². The third-order valence-electron chi connectivity index (χ3n) is 3.43. The van der Waals surface area contributed by atoms with Gasteiger partial charge in [0.05, 0.1) is 11.6 Å². The summed E-state index contributed by atoms with van der Waals surface area (Å²) in [5.41, 5.74) is -0.356. The van der Waals surface area contributed by atoms with Gasteiger partial charge in [-0.3, -0.25) is 0 Å². The Hall–Kier alpha value is -1.27. The van der Waals surface area contributed by atoms with E-state index in [0.29, 0.717) is 5.75 Å². The summed E-state index contributed by atoms with van der Waals surface area (Å²) >= 11 is 1.52. The molecule has 0 saturated heterocycles. The van der Waals surface area contributed by atoms with Crippen molar-refractivity contribution in [1.82, 2.24) is 10.6 Å². The van der Waals surface area contributed by atoms with Crippen LogP contribution in [0.3, 0.4) is 0 Å². The number of thioether (sulfide) groups is 1. The number of carbonyl (C=O) groups is 1. The Kier molecular flexibility index (Phi) is 6.89. The molecule has 0 aromatic heterocycles. The molecule has 0 radical (unpaired) electrons. The number of hydrogen-bond donors (Lipinski definition) is 3. The fraction of sp³-hybridized carbons (Fsp3) is 0.588. The first kappa shape index (κ1) is 19.8. The first-order valence-electron chi connectivity index (χ1n) is 7.56. The van der Waals surface area contributed by atoms with Crippen molar-refractivity contribution >= 4 is 17.8 Å². The summed E-state index contributed by atoms with van der Waals surface area (Å²) in [6.07, 6.45) is 1.90. The molecule has 0 spiro atoms. The van der Waals surface area contributed by atoms with Crippen LogP contribution in [0.1, 0.15) is 39.3 Å². The summed E-state index contributed by atoms with van der Waals surface area (Å²) in [6, 6.07) is 5.50. The molecule has 2 atom stereocenters. The third-order valence-corrected chi connectivity index (χ3v) is 4.34. The Balaban J connectivity index is 2.75. The molecule has 1 rings (SSSR count). The normalized spacial score (nSPS) is 15.6. The van der Waals surface area contributed by atoms with Gasteiger partial charge in [-0.1, -0.05) is 32.9 Å². The molecule has 3 N–H and O–H groups in total. The van der Waals surface area contributed by atoms with Crippen LogP contribution in [0.2, 0.25) is 0 Å². The van der Waals surface area contributed by atoms with Crippen LogP contribution in [-0.4, -0.2) is 35.3 Å². The van der Waals surface area contributed by atoms with Crippen LogP contribution in [0.15, 0.2) is 24.3 Å². The van der Waals surface area contributed by atoms with E-state index in [0.717, 1.165) is 5.56 Å². The van der Waals surface area contributed by atoms with Crippen molar-refractivity contribution < 1.29 is 14.3 Å². The van der Waals surface area contributed by atoms with Crippen LogP contribution >= 0.6 is 11.8 Å². The van der Waals surface area contributed by atoms with E-state index in [2.05, 4.69) is 10.6 Å². The Morgan fingerprint density at radius 3 is 2.30 bits per heavy atom. The molecule has 0 bridgehead atoms. The largest absolute Gasteiger partial charge is 0.387 e. The molecule has 1 aromatic rings. The molecule has 1 aromatic carbocycles. The van der Waals surface area contributed by atoms with Gasteiger partial charge in [0.1, 0.15) is 5.82 Å². The fourth-order valence-corrected chi connectivity index (χ4v) is 2.99. The average molecular weight is 342 g/mol. The van der Waals surface area contributed by atoms with E-state index in [9.17, 15) is 14.3 Å². The molecule has 23 heavy (non-hydrogen) atoms. The van der Waals surface area contributed by atoms with Crippen molar-refractivity contribution in [3.05, 3.63) is 35.6 Å². The molecule has 0 aliphatic carbocycles. The Morgan fingerprint density at radius 1 is 1.26 bits per heavy atom. The van der Waals surface area contributed by atoms with E-state index in [4.69, 9.17) is 0 Å². The van der Waals surface area contributed by atoms with Crippen LogP contribution in [0.4, 0.5) is 9.18 Å². The molecule has 4 nitrogen and oxygen atoms in total. The monoisotopic (exact) mass is 342 g/mol. The first-order valence-corrected chi connectivity index (χ1v) is 8.96. The predicted molar refractivity (Wildman–Crippen MR) is 94.1 cm³/mol. The maximum absolute atomic E-state index is 13.1. The minimum Gasteiger partial charge on any atom is -0.387 e. The van der Waals surface area contributed by atoms with E-state index in [1.54, 1.807) is 19.1 Å². The fourth-order valence-electron chi connectivity index (χ4n) is 2.27. The number of amides is 2. The summed E-state index contributed by atoms with van der Waals surface area (Å²) in [7, 11) is 0. The highest BCUT2D eigenvalue weighted by Gasteiger charge is 2.28. The van der Waals surface area contributed by atoms with Crippen molar-refractivity contribution in [1.29, 1.82) is 0 Å². The molecule has 6 heteroatoms. The van der Waals surface area contributed by atoms with Crippen LogP contribution in [0.25, 0.3) is 0 Å². The maximum Gasteiger partial charge on any atom is 0.315 e. The highest BCUT2D eigenvalue weighted by molar-refractivity contribution is 7.98. The minimum atomic E-state index is -0.955. The number of urea groups is 1. The molecule has 0 aliphatic rings. The van der Waals surface area contributed by atoms with E-state index in [-0.39, 0.29) is 29.8 Å². The molecule has 0 saturated carbocycles. The summed E-state index contributed by atoms with van der Waals surface area (Å²) in [4.78, 5) is 12.2. The van der Waals surface area contributed by atoms with Gasteiger partial charge in [-0.15, -0.1) is 0 Å². The number of carbonyl (C=O) groups excluding carboxylic acids is 1. The van der Waals surface area contributed by atoms with Gasteiger partial charge in [0.25, 0.3) is 0 Å². The second-order valence-corrected chi connectivity index (χ2v) is 7.97. The molecular formula is C17H27FN2O2S. The Labute approximate surface area is 142 Å². The second-order valence-electron chi connectivity index (χ2n) is 7.11. The predicted octanol–water partition coefficient (Wildman–Crippen LogP) is 3.33. The van der Waals surface area contributed by atoms with Crippen LogP contribution in [-0.2, 0) is 0 Å². The number of benzene rings is 1. The zero-order chi connectivity index (χ0) is 17.7. The van der Waals surface area contributed by atoms with Crippen molar-refractivity contribution in [2.24, 2.45) is 5.41 Å². The van der Waals surface area contributed by atoms with Crippen LogP contribution < -0.4 is 10.6 Å². The highest BCUT2D eigenvalue weighted by Crippen LogP contribution is 2.32. The molecular weight excluding hydrogens is 315 g/mol. The lowest BCUT2D eigenvalue weighted by atomic mass is 9.82. The van der Waals surface area contributed by atoms with E-state index < -0.39 is 5.60 Å². The summed E-state index contributed by atoms with van der Waals surface area (Å²) in [6.45, 7) is 7.87. The van der Waals surface area contributed by atoms with Gasteiger partial charge in [-0.05, 0) is 36.3 Å². The molecule has 130 valence electrons. The number of rotatable bonds is 6. The van der Waals surface area contributed by atoms with Crippen LogP contribution in [0.5, 0.6) is 0 Å². The van der Waals surface area contributed by atoms with Gasteiger partial charge in [-0.2, -0.15) is 11.8 Å². The number of halogens is 1. The third kappa shape index (κ3) is 6.79. The van der Waals surface area contributed by atoms with E-state index >= 15 is 0 Å². The molecule has 0 heterocycles. The van der Waals surface area contributed by atoms with E-state index in [1.165, 1.54) is 23.9 Å². The highest BCUT2D eigenvalue weighted by atomic mass is 32.2. The lowest BCUT2D eigenvalue weighted by Crippen LogP contribution is -2.48. The van der Waals surface area contributed by atoms with Gasteiger partial charge >= 0.3 is 6.03 Å². The van der Waals surface area contributed by atoms with Gasteiger partial charge in [0, 0.05) is 12.3 Å². The van der Waals surface area contributed by atoms with Crippen LogP contribution in [0, 0.1) is 11.2 Å². The lowest BCUT2D eigenvalue weighted by molar-refractivity contribution is 0.0864. The standard InChI is InChI=1S/C17H27FN2O2S/c1-16(2,3)14(12-6-8-13(18)9-7-12)20-15(21)19-10-17(4,22)11-23-5/h6-9,14,22H,10-11H2,1-5H3,(H2,19,20,21). The first-order chi connectivity index (χ1) is 10.5. The Morgan fingerprint density at radius 2 is 1.83 bits per heavy atom. The topological polar surface area (TPSA) is 61.4 Å². The maximum atomic E-state index is 13.1. The molecule has 0 fully saturated rings. The second kappa shape index (κ2) is 8.02. The minimum absolute atomic E-state index is 0.167. The van der Waals surface area contributed by atoms with Crippen molar-refractivity contribution in [2.45, 2.75) is 39.3 Å². The number of nitrogens with one attached hydrogen (secondary N) is 2. The summed E-state index contributed by atoms with van der Waals surface area (Å²) < 4.78 is 13.1. The Bertz CT molecular complexity index is 512. The number of aliphatic hydroxyl groups is 1. The molecule has 2 amide bonds. The van der Waals surface area contributed by atoms with Gasteiger partial charge in [0.15, 0.2) is 0 Å². The van der Waals surface area contributed by atoms with Gasteiger partial charge < -0.3 is 15.7 Å². The van der Waals surface area contributed by atoms with E-state index in [1.807, 2.05) is 27.0 Å². The summed E-state index contributed by atoms with van der Waals surface area (Å²) in [5.74, 6) is 0.229. The zero-order valence-corrected chi connectivity index (χ0v) is 15.3. The lowest BCUT2D eigenvalue weighted by Gasteiger charge is -2.32. The molecule has 2 unspecified atom stereocenters. The average Bonchev–Trinajstić information content (AvgIpc) is 2.43. The van der Waals surface area contributed by atoms with Crippen molar-refractivity contribution in [2.75, 3.05) is 18.6 Å². The van der Waals surface area contributed by atoms with Gasteiger partial charge in [0.2, 0.25) is 0 Å². The quantitative estimate of drug-likeness (QED) is 0.743. The molecule has 0 aliphatic heterocycles. The van der Waals surface area contributed by atoms with Crippen molar-refractivity contribution in [3.63, 3.8) is 0 Å². The SMILES string of the molecule is CSCC(C)(O)CNC(=O)NC(c1ccc(F)cc1)C(C)(C)C. The summed E-state index contributed by atoms with van der Waals surface area (Å²) in [5, 5.41) is 15.7. The number of hydrogen-bond acceptors (Lipinski definition) is 3. The zero-order valence-electron chi connectivity index (χ0n) is 14.4. The smallest absolute Gasteiger partial charge is 0.315 e. The van der Waals surface area contributed by atoms with Crippen molar-refractivity contribution in [3.8, 4) is 0 Å².